The summed E-state index contributed by atoms with van der Waals surface area (Å²) in [7, 11) is 0. The highest BCUT2D eigenvalue weighted by molar-refractivity contribution is 7.20. The molecule has 1 N–H and O–H groups in total. The number of thiophene rings is 1. The summed E-state index contributed by atoms with van der Waals surface area (Å²) in [6.45, 7) is 4.27. The lowest BCUT2D eigenvalue weighted by Gasteiger charge is -2.06. The Morgan fingerprint density at radius 3 is 2.88 bits per heavy atom. The van der Waals surface area contributed by atoms with E-state index in [9.17, 15) is 14.0 Å². The van der Waals surface area contributed by atoms with Gasteiger partial charge >= 0.3 is 0 Å². The summed E-state index contributed by atoms with van der Waals surface area (Å²) in [5.74, 6) is -0.892. The number of aryl methyl sites for hydroxylation is 2. The topological polar surface area (TPSA) is 64.0 Å². The molecule has 0 spiro atoms. The SMILES string of the molecule is CCCn1cnc2sc(C(=O)Nc3ccc(F)cc3Cl)c(C)c2c1=O. The Bertz CT molecular complexity index is 1030. The average molecular weight is 380 g/mol. The Morgan fingerprint density at radius 1 is 1.44 bits per heavy atom. The third kappa shape index (κ3) is 3.29. The van der Waals surface area contributed by atoms with Gasteiger partial charge in [0.1, 0.15) is 10.6 Å². The second-order valence-corrected chi connectivity index (χ2v) is 6.96. The van der Waals surface area contributed by atoms with Crippen LogP contribution in [0.1, 0.15) is 28.6 Å². The van der Waals surface area contributed by atoms with E-state index >= 15 is 0 Å². The molecule has 0 aliphatic heterocycles. The molecule has 0 saturated heterocycles. The fourth-order valence-electron chi connectivity index (χ4n) is 2.55. The van der Waals surface area contributed by atoms with Crippen LogP contribution in [-0.2, 0) is 6.54 Å². The molecule has 0 saturated carbocycles. The van der Waals surface area contributed by atoms with E-state index in [0.717, 1.165) is 23.8 Å². The predicted molar refractivity (Wildman–Crippen MR) is 98.3 cm³/mol. The molecule has 0 radical (unpaired) electrons. The lowest BCUT2D eigenvalue weighted by Crippen LogP contribution is -2.20. The highest BCUT2D eigenvalue weighted by Crippen LogP contribution is 2.29. The first-order valence-corrected chi connectivity index (χ1v) is 8.86. The Labute approximate surface area is 152 Å². The molecule has 0 unspecified atom stereocenters. The van der Waals surface area contributed by atoms with Gasteiger partial charge in [-0.1, -0.05) is 18.5 Å². The van der Waals surface area contributed by atoms with E-state index in [1.807, 2.05) is 6.92 Å². The summed E-state index contributed by atoms with van der Waals surface area (Å²) in [5, 5.41) is 3.21. The molecule has 0 atom stereocenters. The maximum atomic E-state index is 13.1. The standard InChI is InChI=1S/C17H15ClFN3O2S/c1-3-6-22-8-20-16-13(17(22)24)9(2)14(25-16)15(23)21-12-5-4-10(19)7-11(12)18/h4-5,7-8H,3,6H2,1-2H3,(H,21,23). The molecule has 1 aromatic carbocycles. The van der Waals surface area contributed by atoms with Crippen LogP contribution in [0.15, 0.2) is 29.3 Å². The monoisotopic (exact) mass is 379 g/mol. The number of nitrogens with zero attached hydrogens (tertiary/aromatic N) is 2. The number of hydrogen-bond acceptors (Lipinski definition) is 4. The smallest absolute Gasteiger partial charge is 0.266 e. The fraction of sp³-hybridized carbons (Fsp3) is 0.235. The number of rotatable bonds is 4. The van der Waals surface area contributed by atoms with Gasteiger partial charge < -0.3 is 5.32 Å². The van der Waals surface area contributed by atoms with E-state index < -0.39 is 11.7 Å². The molecule has 1 amide bonds. The summed E-state index contributed by atoms with van der Waals surface area (Å²) in [4.78, 5) is 30.3. The van der Waals surface area contributed by atoms with Gasteiger partial charge in [0.25, 0.3) is 11.5 Å². The zero-order valence-corrected chi connectivity index (χ0v) is 15.2. The van der Waals surface area contributed by atoms with E-state index in [0.29, 0.717) is 32.9 Å². The summed E-state index contributed by atoms with van der Waals surface area (Å²) in [5.41, 5.74) is 0.736. The molecule has 0 aliphatic rings. The van der Waals surface area contributed by atoms with Gasteiger partial charge in [-0.2, -0.15) is 0 Å². The van der Waals surface area contributed by atoms with Crippen molar-refractivity contribution in [1.82, 2.24) is 9.55 Å². The van der Waals surface area contributed by atoms with Crippen LogP contribution in [-0.4, -0.2) is 15.5 Å². The molecular formula is C17H15ClFN3O2S. The second kappa shape index (κ2) is 6.93. The minimum absolute atomic E-state index is 0.107. The number of carbonyl (C=O) groups is 1. The van der Waals surface area contributed by atoms with Crippen LogP contribution in [0.5, 0.6) is 0 Å². The Morgan fingerprint density at radius 2 is 2.20 bits per heavy atom. The number of anilines is 1. The first-order valence-electron chi connectivity index (χ1n) is 7.67. The number of benzene rings is 1. The molecule has 2 heterocycles. The van der Waals surface area contributed by atoms with Crippen LogP contribution in [0.4, 0.5) is 10.1 Å². The summed E-state index contributed by atoms with van der Waals surface area (Å²) in [6.07, 6.45) is 2.31. The number of amides is 1. The minimum Gasteiger partial charge on any atom is -0.320 e. The van der Waals surface area contributed by atoms with Crippen molar-refractivity contribution in [3.63, 3.8) is 0 Å². The molecule has 2 aromatic heterocycles. The third-order valence-corrected chi connectivity index (χ3v) is 5.28. The lowest BCUT2D eigenvalue weighted by atomic mass is 10.2. The zero-order chi connectivity index (χ0) is 18.1. The van der Waals surface area contributed by atoms with Crippen molar-refractivity contribution in [2.24, 2.45) is 0 Å². The van der Waals surface area contributed by atoms with Crippen molar-refractivity contribution in [3.8, 4) is 0 Å². The van der Waals surface area contributed by atoms with Gasteiger partial charge in [-0.15, -0.1) is 11.3 Å². The molecular weight excluding hydrogens is 365 g/mol. The maximum Gasteiger partial charge on any atom is 0.266 e. The highest BCUT2D eigenvalue weighted by Gasteiger charge is 2.20. The number of aromatic nitrogens is 2. The lowest BCUT2D eigenvalue weighted by molar-refractivity contribution is 0.103. The number of hydrogen-bond donors (Lipinski definition) is 1. The number of fused-ring (bicyclic) bond motifs is 1. The van der Waals surface area contributed by atoms with Crippen molar-refractivity contribution in [1.29, 1.82) is 0 Å². The van der Waals surface area contributed by atoms with Crippen molar-refractivity contribution < 1.29 is 9.18 Å². The van der Waals surface area contributed by atoms with E-state index in [2.05, 4.69) is 10.3 Å². The molecule has 0 fully saturated rings. The van der Waals surface area contributed by atoms with Gasteiger partial charge in [-0.25, -0.2) is 9.37 Å². The molecule has 130 valence electrons. The van der Waals surface area contributed by atoms with Gasteiger partial charge in [-0.3, -0.25) is 14.2 Å². The third-order valence-electron chi connectivity index (χ3n) is 3.77. The normalized spacial score (nSPS) is 11.0. The van der Waals surface area contributed by atoms with Crippen molar-refractivity contribution in [2.75, 3.05) is 5.32 Å². The van der Waals surface area contributed by atoms with Gasteiger partial charge in [-0.05, 0) is 37.1 Å². The van der Waals surface area contributed by atoms with Crippen LogP contribution in [0.3, 0.4) is 0 Å². The van der Waals surface area contributed by atoms with Crippen molar-refractivity contribution >= 4 is 44.7 Å². The number of nitrogens with one attached hydrogen (secondary N) is 1. The van der Waals surface area contributed by atoms with Gasteiger partial charge in [0.2, 0.25) is 0 Å². The zero-order valence-electron chi connectivity index (χ0n) is 13.6. The Kier molecular flexibility index (Phi) is 4.87. The van der Waals surface area contributed by atoms with Crippen LogP contribution in [0.2, 0.25) is 5.02 Å². The van der Waals surface area contributed by atoms with Gasteiger partial charge in [0.15, 0.2) is 0 Å². The van der Waals surface area contributed by atoms with E-state index in [1.165, 1.54) is 18.5 Å². The summed E-state index contributed by atoms with van der Waals surface area (Å²) < 4.78 is 14.7. The number of carbonyl (C=O) groups excluding carboxylic acids is 1. The van der Waals surface area contributed by atoms with E-state index in [1.54, 1.807) is 11.5 Å². The van der Waals surface area contributed by atoms with Gasteiger partial charge in [0, 0.05) is 6.54 Å². The molecule has 25 heavy (non-hydrogen) atoms. The van der Waals surface area contributed by atoms with Crippen LogP contribution < -0.4 is 10.9 Å². The van der Waals surface area contributed by atoms with Crippen molar-refractivity contribution in [3.05, 3.63) is 56.2 Å². The molecule has 8 heteroatoms. The van der Waals surface area contributed by atoms with Crippen LogP contribution in [0, 0.1) is 12.7 Å². The summed E-state index contributed by atoms with van der Waals surface area (Å²) in [6, 6.07) is 3.73. The molecule has 3 rings (SSSR count). The maximum absolute atomic E-state index is 13.1. The number of halogens is 2. The highest BCUT2D eigenvalue weighted by atomic mass is 35.5. The van der Waals surface area contributed by atoms with E-state index in [-0.39, 0.29) is 10.6 Å². The van der Waals surface area contributed by atoms with Crippen LogP contribution in [0.25, 0.3) is 10.2 Å². The first kappa shape index (κ1) is 17.6. The predicted octanol–water partition coefficient (Wildman–Crippen LogP) is 4.22. The minimum atomic E-state index is -0.485. The quantitative estimate of drug-likeness (QED) is 0.738. The molecule has 5 nitrogen and oxygen atoms in total. The Balaban J connectivity index is 2.01. The first-order chi connectivity index (χ1) is 11.9. The van der Waals surface area contributed by atoms with Crippen molar-refractivity contribution in [2.45, 2.75) is 26.8 Å². The second-order valence-electron chi connectivity index (χ2n) is 5.56. The molecule has 3 aromatic rings. The Hall–Kier alpha value is -2.25. The van der Waals surface area contributed by atoms with Crippen LogP contribution >= 0.6 is 22.9 Å². The van der Waals surface area contributed by atoms with E-state index in [4.69, 9.17) is 11.6 Å². The largest absolute Gasteiger partial charge is 0.320 e. The summed E-state index contributed by atoms with van der Waals surface area (Å²) >= 11 is 7.09. The fourth-order valence-corrected chi connectivity index (χ4v) is 3.79. The average Bonchev–Trinajstić information content (AvgIpc) is 2.90. The molecule has 0 bridgehead atoms. The molecule has 0 aliphatic carbocycles. The van der Waals surface area contributed by atoms with Gasteiger partial charge in [0.05, 0.1) is 27.3 Å².